The number of benzene rings is 1. The monoisotopic (exact) mass is 349 g/mol. The van der Waals surface area contributed by atoms with E-state index in [1.165, 1.54) is 4.90 Å². The molecule has 1 N–H and O–H groups in total. The van der Waals surface area contributed by atoms with Gasteiger partial charge >= 0.3 is 12.1 Å². The number of rotatable bonds is 2. The van der Waals surface area contributed by atoms with E-state index in [4.69, 9.17) is 9.47 Å². The first-order valence-electron chi connectivity index (χ1n) is 8.36. The molecule has 1 aliphatic rings. The molecular weight excluding hydrogens is 322 g/mol. The highest BCUT2D eigenvalue weighted by molar-refractivity contribution is 5.77. The van der Waals surface area contributed by atoms with E-state index in [0.717, 1.165) is 0 Å². The van der Waals surface area contributed by atoms with Gasteiger partial charge in [0.15, 0.2) is 6.10 Å². The van der Waals surface area contributed by atoms with Crippen molar-refractivity contribution >= 4 is 12.1 Å². The Labute approximate surface area is 148 Å². The molecular formula is C19H27NO5. The number of nitrogens with zero attached hydrogens (tertiary/aromatic N) is 1. The molecule has 0 aromatic heterocycles. The first-order chi connectivity index (χ1) is 11.4. The van der Waals surface area contributed by atoms with E-state index in [2.05, 4.69) is 0 Å². The van der Waals surface area contributed by atoms with Crippen molar-refractivity contribution in [2.24, 2.45) is 5.41 Å². The summed E-state index contributed by atoms with van der Waals surface area (Å²) >= 11 is 0. The van der Waals surface area contributed by atoms with Gasteiger partial charge < -0.3 is 14.6 Å². The van der Waals surface area contributed by atoms with Crippen LogP contribution in [0.25, 0.3) is 0 Å². The van der Waals surface area contributed by atoms with Crippen molar-refractivity contribution < 1.29 is 24.2 Å². The zero-order valence-corrected chi connectivity index (χ0v) is 15.6. The second kappa shape index (κ2) is 6.67. The molecule has 3 atom stereocenters. The highest BCUT2D eigenvalue weighted by atomic mass is 16.6. The number of carbonyl (C=O) groups excluding carboxylic acids is 1. The summed E-state index contributed by atoms with van der Waals surface area (Å²) in [5.74, 6) is -1.10. The molecule has 0 spiro atoms. The van der Waals surface area contributed by atoms with Crippen molar-refractivity contribution in [1.82, 2.24) is 4.90 Å². The van der Waals surface area contributed by atoms with E-state index >= 15 is 0 Å². The fourth-order valence-electron chi connectivity index (χ4n) is 2.89. The number of carboxylic acids is 1. The summed E-state index contributed by atoms with van der Waals surface area (Å²) in [6.07, 6.45) is -2.45. The first kappa shape index (κ1) is 19.2. The standard InChI is InChI=1S/C19H27NO5/c1-18(2,3)16-20(17(23)25-19(4,5)6)13(14(24-16)15(21)22)12-10-8-7-9-11-12/h7-11,13-14,16H,1-6H3,(H,21,22). The molecule has 6 nitrogen and oxygen atoms in total. The van der Waals surface area contributed by atoms with Crippen molar-refractivity contribution in [3.05, 3.63) is 35.9 Å². The van der Waals surface area contributed by atoms with Crippen molar-refractivity contribution in [2.75, 3.05) is 0 Å². The molecule has 3 unspecified atom stereocenters. The second-order valence-electron chi connectivity index (χ2n) is 8.36. The van der Waals surface area contributed by atoms with Crippen LogP contribution in [-0.2, 0) is 14.3 Å². The summed E-state index contributed by atoms with van der Waals surface area (Å²) in [4.78, 5) is 26.1. The Morgan fingerprint density at radius 1 is 1.08 bits per heavy atom. The van der Waals surface area contributed by atoms with E-state index in [1.807, 2.05) is 39.0 Å². The molecule has 1 saturated heterocycles. The van der Waals surface area contributed by atoms with Crippen LogP contribution >= 0.6 is 0 Å². The van der Waals surface area contributed by atoms with Gasteiger partial charge in [-0.25, -0.2) is 9.59 Å². The normalized spacial score (nSPS) is 24.2. The third-order valence-electron chi connectivity index (χ3n) is 3.84. The maximum Gasteiger partial charge on any atom is 0.413 e. The first-order valence-corrected chi connectivity index (χ1v) is 8.36. The number of carboxylic acid groups (broad SMARTS) is 1. The number of carbonyl (C=O) groups is 2. The molecule has 138 valence electrons. The Hall–Kier alpha value is -2.08. The highest BCUT2D eigenvalue weighted by Gasteiger charge is 2.53. The van der Waals surface area contributed by atoms with Crippen LogP contribution in [0.5, 0.6) is 0 Å². The second-order valence-corrected chi connectivity index (χ2v) is 8.36. The van der Waals surface area contributed by atoms with Gasteiger partial charge in [-0.1, -0.05) is 51.1 Å². The summed E-state index contributed by atoms with van der Waals surface area (Å²) in [5, 5.41) is 9.66. The molecule has 1 heterocycles. The average molecular weight is 349 g/mol. The third kappa shape index (κ3) is 4.31. The predicted octanol–water partition coefficient (Wildman–Crippen LogP) is 3.82. The van der Waals surface area contributed by atoms with Crippen LogP contribution in [0.3, 0.4) is 0 Å². The number of aliphatic carboxylic acids is 1. The average Bonchev–Trinajstić information content (AvgIpc) is 2.87. The zero-order valence-electron chi connectivity index (χ0n) is 15.6. The minimum absolute atomic E-state index is 0.478. The van der Waals surface area contributed by atoms with Crippen LogP contribution in [0.15, 0.2) is 30.3 Å². The lowest BCUT2D eigenvalue weighted by molar-refractivity contribution is -0.153. The van der Waals surface area contributed by atoms with Gasteiger partial charge in [0.2, 0.25) is 0 Å². The SMILES string of the molecule is CC(C)(C)OC(=O)N1C(c2ccccc2)C(C(=O)O)OC1C(C)(C)C. The molecule has 6 heteroatoms. The maximum absolute atomic E-state index is 12.9. The largest absolute Gasteiger partial charge is 0.479 e. The van der Waals surface area contributed by atoms with Crippen LogP contribution in [0.2, 0.25) is 0 Å². The van der Waals surface area contributed by atoms with E-state index in [1.54, 1.807) is 32.9 Å². The Morgan fingerprint density at radius 2 is 1.64 bits per heavy atom. The molecule has 0 bridgehead atoms. The number of hydrogen-bond acceptors (Lipinski definition) is 4. The lowest BCUT2D eigenvalue weighted by Crippen LogP contribution is -2.47. The highest BCUT2D eigenvalue weighted by Crippen LogP contribution is 2.43. The van der Waals surface area contributed by atoms with Crippen molar-refractivity contribution in [1.29, 1.82) is 0 Å². The molecule has 1 fully saturated rings. The molecule has 25 heavy (non-hydrogen) atoms. The van der Waals surface area contributed by atoms with Gasteiger partial charge in [-0.3, -0.25) is 4.90 Å². The molecule has 0 radical (unpaired) electrons. The van der Waals surface area contributed by atoms with Crippen LogP contribution in [0, 0.1) is 5.41 Å². The molecule has 0 aliphatic carbocycles. The topological polar surface area (TPSA) is 76.1 Å². The van der Waals surface area contributed by atoms with Crippen molar-refractivity contribution in [3.8, 4) is 0 Å². The summed E-state index contributed by atoms with van der Waals surface area (Å²) in [5.41, 5.74) is -0.469. The van der Waals surface area contributed by atoms with E-state index in [0.29, 0.717) is 5.56 Å². The Bertz CT molecular complexity index is 629. The van der Waals surface area contributed by atoms with Crippen molar-refractivity contribution in [3.63, 3.8) is 0 Å². The van der Waals surface area contributed by atoms with Gasteiger partial charge in [0.05, 0.1) is 0 Å². The van der Waals surface area contributed by atoms with Gasteiger partial charge in [0, 0.05) is 5.41 Å². The molecule has 1 aliphatic heterocycles. The quantitative estimate of drug-likeness (QED) is 0.878. The smallest absolute Gasteiger partial charge is 0.413 e. The summed E-state index contributed by atoms with van der Waals surface area (Å²) < 4.78 is 11.4. The third-order valence-corrected chi connectivity index (χ3v) is 3.84. The maximum atomic E-state index is 12.9. The van der Waals surface area contributed by atoms with Crippen LogP contribution in [-0.4, -0.2) is 40.0 Å². The van der Waals surface area contributed by atoms with Crippen LogP contribution < -0.4 is 0 Å². The molecule has 0 saturated carbocycles. The number of ether oxygens (including phenoxy) is 2. The van der Waals surface area contributed by atoms with Gasteiger partial charge in [0.25, 0.3) is 0 Å². The van der Waals surface area contributed by atoms with Crippen LogP contribution in [0.4, 0.5) is 4.79 Å². The van der Waals surface area contributed by atoms with E-state index in [9.17, 15) is 14.7 Å². The number of hydrogen-bond donors (Lipinski definition) is 1. The lowest BCUT2D eigenvalue weighted by atomic mass is 9.92. The Balaban J connectivity index is 2.52. The fraction of sp³-hybridized carbons (Fsp3) is 0.579. The Kier molecular flexibility index (Phi) is 5.14. The van der Waals surface area contributed by atoms with Crippen molar-refractivity contribution in [2.45, 2.75) is 65.5 Å². The summed E-state index contributed by atoms with van der Waals surface area (Å²) in [6, 6.07) is 8.31. The lowest BCUT2D eigenvalue weighted by Gasteiger charge is -2.36. The van der Waals surface area contributed by atoms with Crippen LogP contribution in [0.1, 0.15) is 53.1 Å². The summed E-state index contributed by atoms with van der Waals surface area (Å²) in [7, 11) is 0. The van der Waals surface area contributed by atoms with Gasteiger partial charge in [-0.05, 0) is 26.3 Å². The van der Waals surface area contributed by atoms with Gasteiger partial charge in [-0.15, -0.1) is 0 Å². The molecule has 1 aromatic carbocycles. The molecule has 1 aromatic rings. The zero-order chi connectivity index (χ0) is 19.0. The van der Waals surface area contributed by atoms with Gasteiger partial charge in [0.1, 0.15) is 17.9 Å². The van der Waals surface area contributed by atoms with E-state index < -0.39 is 41.5 Å². The molecule has 1 amide bonds. The molecule has 2 rings (SSSR count). The minimum Gasteiger partial charge on any atom is -0.479 e. The van der Waals surface area contributed by atoms with Gasteiger partial charge in [-0.2, -0.15) is 0 Å². The fourth-order valence-corrected chi connectivity index (χ4v) is 2.89. The Morgan fingerprint density at radius 3 is 2.08 bits per heavy atom. The summed E-state index contributed by atoms with van der Waals surface area (Å²) in [6.45, 7) is 11.0. The minimum atomic E-state index is -1.15. The van der Waals surface area contributed by atoms with E-state index in [-0.39, 0.29) is 0 Å². The predicted molar refractivity (Wildman–Crippen MR) is 93.0 cm³/mol. The number of amides is 1.